The normalized spacial score (nSPS) is 12.1. The first-order chi connectivity index (χ1) is 12.9. The van der Waals surface area contributed by atoms with E-state index in [1.807, 2.05) is 0 Å². The van der Waals surface area contributed by atoms with Gasteiger partial charge in [-0.15, -0.1) is 0 Å². The largest absolute Gasteiger partial charge is 0.493 e. The average molecular weight is 378 g/mol. The molecule has 1 aromatic heterocycles. The van der Waals surface area contributed by atoms with Crippen molar-refractivity contribution in [1.82, 2.24) is 10.1 Å². The van der Waals surface area contributed by atoms with Gasteiger partial charge in [-0.2, -0.15) is 4.98 Å². The molecule has 148 valence electrons. The van der Waals surface area contributed by atoms with Crippen molar-refractivity contribution in [2.75, 3.05) is 20.8 Å². The third-order valence-corrected chi connectivity index (χ3v) is 3.84. The third kappa shape index (κ3) is 5.96. The number of hydrogen-bond acceptors (Lipinski definition) is 8. The van der Waals surface area contributed by atoms with Crippen molar-refractivity contribution in [3.63, 3.8) is 0 Å². The topological polar surface area (TPSA) is 92.9 Å². The first kappa shape index (κ1) is 20.7. The summed E-state index contributed by atoms with van der Waals surface area (Å²) in [4.78, 5) is 16.2. The molecule has 0 saturated carbocycles. The molecule has 0 aliphatic heterocycles. The van der Waals surface area contributed by atoms with Crippen molar-refractivity contribution < 1.29 is 28.3 Å². The van der Waals surface area contributed by atoms with Crippen LogP contribution >= 0.6 is 0 Å². The molecule has 8 heteroatoms. The van der Waals surface area contributed by atoms with E-state index in [0.29, 0.717) is 35.4 Å². The third-order valence-electron chi connectivity index (χ3n) is 3.84. The lowest BCUT2D eigenvalue weighted by molar-refractivity contribution is -0.158. The molecule has 0 aliphatic rings. The van der Waals surface area contributed by atoms with Crippen molar-refractivity contribution in [3.05, 3.63) is 24.1 Å². The first-order valence-electron chi connectivity index (χ1n) is 8.77. The van der Waals surface area contributed by atoms with Gasteiger partial charge in [0.05, 0.1) is 14.2 Å². The number of esters is 1. The zero-order valence-corrected chi connectivity index (χ0v) is 16.4. The van der Waals surface area contributed by atoms with E-state index >= 15 is 0 Å². The Labute approximate surface area is 158 Å². The number of methoxy groups -OCH3 is 2. The molecule has 0 spiro atoms. The zero-order chi connectivity index (χ0) is 19.8. The molecule has 2 rings (SSSR count). The fourth-order valence-electron chi connectivity index (χ4n) is 2.20. The molecule has 0 N–H and O–H groups in total. The molecule has 0 bridgehead atoms. The van der Waals surface area contributed by atoms with Gasteiger partial charge in [-0.25, -0.2) is 4.79 Å². The number of carbonyl (C=O) groups is 1. The second kappa shape index (κ2) is 9.91. The van der Waals surface area contributed by atoms with E-state index in [1.54, 1.807) is 39.3 Å². The Hall–Kier alpha value is -2.61. The fraction of sp³-hybridized carbons (Fsp3) is 0.526. The van der Waals surface area contributed by atoms with Crippen LogP contribution in [0.3, 0.4) is 0 Å². The van der Waals surface area contributed by atoms with E-state index in [4.69, 9.17) is 23.5 Å². The molecule has 1 aromatic carbocycles. The minimum atomic E-state index is -0.642. The highest BCUT2D eigenvalue weighted by molar-refractivity contribution is 5.74. The van der Waals surface area contributed by atoms with Crippen molar-refractivity contribution in [3.8, 4) is 22.9 Å². The summed E-state index contributed by atoms with van der Waals surface area (Å²) < 4.78 is 26.2. The lowest BCUT2D eigenvalue weighted by Crippen LogP contribution is -2.24. The summed E-state index contributed by atoms with van der Waals surface area (Å²) in [5, 5.41) is 3.90. The van der Waals surface area contributed by atoms with Crippen LogP contribution < -0.4 is 9.47 Å². The van der Waals surface area contributed by atoms with Gasteiger partial charge in [0.2, 0.25) is 5.82 Å². The average Bonchev–Trinajstić information content (AvgIpc) is 3.14. The van der Waals surface area contributed by atoms with Gasteiger partial charge >= 0.3 is 5.97 Å². The van der Waals surface area contributed by atoms with Gasteiger partial charge in [-0.1, -0.05) is 19.0 Å². The number of hydrogen-bond donors (Lipinski definition) is 0. The summed E-state index contributed by atoms with van der Waals surface area (Å²) in [6.45, 7) is 6.25. The fourth-order valence-corrected chi connectivity index (χ4v) is 2.20. The van der Waals surface area contributed by atoms with E-state index in [0.717, 1.165) is 6.42 Å². The SMILES string of the molecule is COc1ccc(-c2noc(COC(=O)C(C)OCCC(C)C)n2)cc1OC. The smallest absolute Gasteiger partial charge is 0.335 e. The lowest BCUT2D eigenvalue weighted by Gasteiger charge is -2.12. The minimum Gasteiger partial charge on any atom is -0.493 e. The number of nitrogens with zero attached hydrogens (tertiary/aromatic N) is 2. The molecule has 0 radical (unpaired) electrons. The van der Waals surface area contributed by atoms with Crippen LogP contribution in [-0.2, 0) is 20.9 Å². The lowest BCUT2D eigenvalue weighted by atomic mass is 10.1. The van der Waals surface area contributed by atoms with Crippen LogP contribution in [0.2, 0.25) is 0 Å². The van der Waals surface area contributed by atoms with Crippen LogP contribution in [0.1, 0.15) is 33.1 Å². The summed E-state index contributed by atoms with van der Waals surface area (Å²) in [6, 6.07) is 5.27. The van der Waals surface area contributed by atoms with Crippen molar-refractivity contribution in [2.24, 2.45) is 5.92 Å². The highest BCUT2D eigenvalue weighted by Gasteiger charge is 2.18. The van der Waals surface area contributed by atoms with Gasteiger partial charge in [0.15, 0.2) is 24.2 Å². The van der Waals surface area contributed by atoms with E-state index in [2.05, 4.69) is 24.0 Å². The van der Waals surface area contributed by atoms with Gasteiger partial charge in [0.25, 0.3) is 5.89 Å². The van der Waals surface area contributed by atoms with E-state index in [1.165, 1.54) is 0 Å². The van der Waals surface area contributed by atoms with Crippen LogP contribution in [0.4, 0.5) is 0 Å². The summed E-state index contributed by atoms with van der Waals surface area (Å²) in [7, 11) is 3.11. The molecule has 1 unspecified atom stereocenters. The van der Waals surface area contributed by atoms with Crippen LogP contribution in [0.25, 0.3) is 11.4 Å². The Morgan fingerprint density at radius 3 is 2.56 bits per heavy atom. The van der Waals surface area contributed by atoms with E-state index in [-0.39, 0.29) is 12.5 Å². The first-order valence-corrected chi connectivity index (χ1v) is 8.77. The maximum atomic E-state index is 12.0. The monoisotopic (exact) mass is 378 g/mol. The van der Waals surface area contributed by atoms with Gasteiger partial charge in [0.1, 0.15) is 0 Å². The molecule has 2 aromatic rings. The van der Waals surface area contributed by atoms with Crippen molar-refractivity contribution >= 4 is 5.97 Å². The predicted molar refractivity (Wildman–Crippen MR) is 97.5 cm³/mol. The number of carbonyl (C=O) groups excluding carboxylic acids is 1. The Bertz CT molecular complexity index is 744. The molecular formula is C19H26N2O6. The zero-order valence-electron chi connectivity index (χ0n) is 16.4. The Morgan fingerprint density at radius 2 is 1.89 bits per heavy atom. The van der Waals surface area contributed by atoms with Crippen molar-refractivity contribution in [2.45, 2.75) is 39.9 Å². The highest BCUT2D eigenvalue weighted by atomic mass is 16.6. The van der Waals surface area contributed by atoms with Gasteiger partial charge in [0, 0.05) is 12.2 Å². The number of benzene rings is 1. The highest BCUT2D eigenvalue weighted by Crippen LogP contribution is 2.31. The molecule has 0 amide bonds. The summed E-state index contributed by atoms with van der Waals surface area (Å²) in [5.74, 6) is 1.77. The number of ether oxygens (including phenoxy) is 4. The number of rotatable bonds is 10. The maximum Gasteiger partial charge on any atom is 0.335 e. The molecule has 0 fully saturated rings. The van der Waals surface area contributed by atoms with Gasteiger partial charge in [-0.3, -0.25) is 0 Å². The molecule has 0 aliphatic carbocycles. The molecule has 8 nitrogen and oxygen atoms in total. The molecule has 1 atom stereocenters. The second-order valence-electron chi connectivity index (χ2n) is 6.38. The Morgan fingerprint density at radius 1 is 1.15 bits per heavy atom. The Kier molecular flexibility index (Phi) is 7.60. The van der Waals surface area contributed by atoms with Crippen molar-refractivity contribution in [1.29, 1.82) is 0 Å². The van der Waals surface area contributed by atoms with E-state index in [9.17, 15) is 4.79 Å². The summed E-state index contributed by atoms with van der Waals surface area (Å²) in [6.07, 6.45) is 0.243. The summed E-state index contributed by atoms with van der Waals surface area (Å²) >= 11 is 0. The standard InChI is InChI=1S/C19H26N2O6/c1-12(2)8-9-25-13(3)19(22)26-11-17-20-18(21-27-17)14-6-7-15(23-4)16(10-14)24-5/h6-7,10,12-13H,8-9,11H2,1-5H3. The van der Waals surface area contributed by atoms with Crippen LogP contribution in [-0.4, -0.2) is 43.0 Å². The second-order valence-corrected chi connectivity index (χ2v) is 6.38. The minimum absolute atomic E-state index is 0.114. The van der Waals surface area contributed by atoms with Gasteiger partial charge < -0.3 is 23.5 Å². The van der Waals surface area contributed by atoms with Crippen LogP contribution in [0.15, 0.2) is 22.7 Å². The molecule has 0 saturated heterocycles. The number of aromatic nitrogens is 2. The van der Waals surface area contributed by atoms with Crippen LogP contribution in [0.5, 0.6) is 11.5 Å². The predicted octanol–water partition coefficient (Wildman–Crippen LogP) is 3.25. The maximum absolute atomic E-state index is 12.0. The van der Waals surface area contributed by atoms with Crippen LogP contribution in [0, 0.1) is 5.92 Å². The van der Waals surface area contributed by atoms with Gasteiger partial charge in [-0.05, 0) is 37.5 Å². The quantitative estimate of drug-likeness (QED) is 0.582. The Balaban J connectivity index is 1.91. The molecule has 1 heterocycles. The van der Waals surface area contributed by atoms with E-state index < -0.39 is 12.1 Å². The molecule has 27 heavy (non-hydrogen) atoms. The molecular weight excluding hydrogens is 352 g/mol. The summed E-state index contributed by atoms with van der Waals surface area (Å²) in [5.41, 5.74) is 0.694.